The largest absolute Gasteiger partial charge is 0.309 e. The molecule has 0 unspecified atom stereocenters. The van der Waals surface area contributed by atoms with E-state index in [-0.39, 0.29) is 17.9 Å². The number of amides is 1. The Labute approximate surface area is 132 Å². The first-order valence-corrected chi connectivity index (χ1v) is 7.67. The second-order valence-corrected chi connectivity index (χ2v) is 6.27. The number of aryl methyl sites for hydroxylation is 1. The minimum absolute atomic E-state index is 0.0266. The van der Waals surface area contributed by atoms with Crippen LogP contribution in [0.15, 0.2) is 54.6 Å². The van der Waals surface area contributed by atoms with E-state index >= 15 is 0 Å². The van der Waals surface area contributed by atoms with Gasteiger partial charge in [-0.05, 0) is 38.7 Å². The lowest BCUT2D eigenvalue weighted by Crippen LogP contribution is -2.58. The summed E-state index contributed by atoms with van der Waals surface area (Å²) in [5, 5.41) is 0. The topological polar surface area (TPSA) is 23.6 Å². The summed E-state index contributed by atoms with van der Waals surface area (Å²) >= 11 is 0. The number of β-lactam (4-membered cyclic amide) rings is 1. The first-order valence-electron chi connectivity index (χ1n) is 7.67. The Morgan fingerprint density at radius 3 is 2.23 bits per heavy atom. The highest BCUT2D eigenvalue weighted by Crippen LogP contribution is 2.43. The van der Waals surface area contributed by atoms with Gasteiger partial charge in [-0.2, -0.15) is 0 Å². The molecule has 0 radical (unpaired) electrons. The average molecular weight is 294 g/mol. The highest BCUT2D eigenvalue weighted by atomic mass is 16.2. The maximum Gasteiger partial charge on any atom is 0.234 e. The molecule has 1 amide bonds. The third-order valence-corrected chi connectivity index (χ3v) is 4.23. The molecule has 22 heavy (non-hydrogen) atoms. The fourth-order valence-electron chi connectivity index (χ4n) is 3.14. The molecule has 0 aliphatic carbocycles. The van der Waals surface area contributed by atoms with E-state index in [0.29, 0.717) is 0 Å². The lowest BCUT2D eigenvalue weighted by atomic mass is 9.81. The second kappa shape index (κ2) is 5.93. The monoisotopic (exact) mass is 294 g/mol. The van der Waals surface area contributed by atoms with Gasteiger partial charge in [-0.1, -0.05) is 48.0 Å². The van der Waals surface area contributed by atoms with Crippen LogP contribution >= 0.6 is 0 Å². The standard InChI is InChI=1S/C19H22N2O/c1-14-9-11-16(12-10-14)21-18(15-7-5-4-6-8-15)17(19(21)22)13-20(2)3/h4-12,17-18H,13H2,1-3H3/t17-,18+/m0/s1. The lowest BCUT2D eigenvalue weighted by Gasteiger charge is -2.48. The van der Waals surface area contributed by atoms with Crippen molar-refractivity contribution in [1.82, 2.24) is 4.90 Å². The third-order valence-electron chi connectivity index (χ3n) is 4.23. The molecule has 3 rings (SSSR count). The number of benzene rings is 2. The molecule has 3 nitrogen and oxygen atoms in total. The zero-order valence-electron chi connectivity index (χ0n) is 13.4. The predicted octanol–water partition coefficient (Wildman–Crippen LogP) is 3.26. The van der Waals surface area contributed by atoms with Gasteiger partial charge in [-0.15, -0.1) is 0 Å². The molecule has 114 valence electrons. The van der Waals surface area contributed by atoms with Crippen LogP contribution < -0.4 is 4.90 Å². The maximum atomic E-state index is 12.7. The van der Waals surface area contributed by atoms with Crippen LogP contribution in [0.3, 0.4) is 0 Å². The van der Waals surface area contributed by atoms with Gasteiger partial charge in [0.15, 0.2) is 0 Å². The first kappa shape index (κ1) is 14.8. The summed E-state index contributed by atoms with van der Waals surface area (Å²) in [6.07, 6.45) is 0. The molecule has 0 bridgehead atoms. The SMILES string of the molecule is Cc1ccc(N2C(=O)[C@@H](CN(C)C)[C@H]2c2ccccc2)cc1. The Morgan fingerprint density at radius 1 is 1.00 bits per heavy atom. The van der Waals surface area contributed by atoms with Crippen molar-refractivity contribution in [1.29, 1.82) is 0 Å². The van der Waals surface area contributed by atoms with Crippen LogP contribution in [0, 0.1) is 12.8 Å². The molecular weight excluding hydrogens is 272 g/mol. The highest BCUT2D eigenvalue weighted by Gasteiger charge is 2.48. The number of carbonyl (C=O) groups excluding carboxylic acids is 1. The van der Waals surface area contributed by atoms with Crippen molar-refractivity contribution in [2.75, 3.05) is 25.5 Å². The molecule has 0 spiro atoms. The van der Waals surface area contributed by atoms with E-state index in [0.717, 1.165) is 12.2 Å². The third kappa shape index (κ3) is 2.64. The minimum atomic E-state index is 0.0266. The van der Waals surface area contributed by atoms with E-state index in [1.54, 1.807) is 0 Å². The number of rotatable bonds is 4. The van der Waals surface area contributed by atoms with Crippen LogP contribution in [0.1, 0.15) is 17.2 Å². The number of hydrogen-bond acceptors (Lipinski definition) is 2. The van der Waals surface area contributed by atoms with Crippen molar-refractivity contribution >= 4 is 11.6 Å². The number of nitrogens with zero attached hydrogens (tertiary/aromatic N) is 2. The smallest absolute Gasteiger partial charge is 0.234 e. The molecule has 0 aromatic heterocycles. The minimum Gasteiger partial charge on any atom is -0.309 e. The fourth-order valence-corrected chi connectivity index (χ4v) is 3.14. The number of hydrogen-bond donors (Lipinski definition) is 0. The molecule has 1 aliphatic heterocycles. The van der Waals surface area contributed by atoms with Crippen LogP contribution in [0.2, 0.25) is 0 Å². The van der Waals surface area contributed by atoms with Crippen molar-refractivity contribution in [3.63, 3.8) is 0 Å². The summed E-state index contributed by atoms with van der Waals surface area (Å²) in [5.41, 5.74) is 3.40. The van der Waals surface area contributed by atoms with Crippen molar-refractivity contribution in [2.45, 2.75) is 13.0 Å². The summed E-state index contributed by atoms with van der Waals surface area (Å²) in [5.74, 6) is 0.241. The van der Waals surface area contributed by atoms with Crippen molar-refractivity contribution < 1.29 is 4.79 Å². The van der Waals surface area contributed by atoms with Gasteiger partial charge in [0.2, 0.25) is 5.91 Å². The highest BCUT2D eigenvalue weighted by molar-refractivity contribution is 6.03. The molecule has 0 saturated carbocycles. The molecule has 1 fully saturated rings. The Balaban J connectivity index is 1.94. The van der Waals surface area contributed by atoms with Crippen LogP contribution in [0.5, 0.6) is 0 Å². The molecule has 1 saturated heterocycles. The van der Waals surface area contributed by atoms with Crippen LogP contribution in [-0.2, 0) is 4.79 Å². The second-order valence-electron chi connectivity index (χ2n) is 6.27. The van der Waals surface area contributed by atoms with E-state index in [1.165, 1.54) is 11.1 Å². The average Bonchev–Trinajstić information content (AvgIpc) is 2.52. The molecule has 3 heteroatoms. The van der Waals surface area contributed by atoms with E-state index in [9.17, 15) is 4.79 Å². The van der Waals surface area contributed by atoms with Gasteiger partial charge in [-0.3, -0.25) is 4.79 Å². The molecule has 2 aromatic carbocycles. The molecule has 2 aromatic rings. The van der Waals surface area contributed by atoms with E-state index in [4.69, 9.17) is 0 Å². The van der Waals surface area contributed by atoms with Gasteiger partial charge in [0.05, 0.1) is 12.0 Å². The quantitative estimate of drug-likeness (QED) is 0.808. The van der Waals surface area contributed by atoms with Crippen molar-refractivity contribution in [2.24, 2.45) is 5.92 Å². The van der Waals surface area contributed by atoms with E-state index in [2.05, 4.69) is 36.1 Å². The van der Waals surface area contributed by atoms with Gasteiger partial charge in [-0.25, -0.2) is 0 Å². The Morgan fingerprint density at radius 2 is 1.64 bits per heavy atom. The summed E-state index contributed by atoms with van der Waals surface area (Å²) in [7, 11) is 4.04. The molecule has 1 aliphatic rings. The fraction of sp³-hybridized carbons (Fsp3) is 0.316. The normalized spacial score (nSPS) is 21.1. The number of anilines is 1. The van der Waals surface area contributed by atoms with E-state index in [1.807, 2.05) is 49.3 Å². The summed E-state index contributed by atoms with van der Waals surface area (Å²) in [6, 6.07) is 18.6. The Bertz CT molecular complexity index is 649. The van der Waals surface area contributed by atoms with Gasteiger partial charge in [0.25, 0.3) is 0 Å². The van der Waals surface area contributed by atoms with Crippen LogP contribution in [0.25, 0.3) is 0 Å². The molecular formula is C19H22N2O. The van der Waals surface area contributed by atoms with E-state index < -0.39 is 0 Å². The van der Waals surface area contributed by atoms with Crippen molar-refractivity contribution in [3.8, 4) is 0 Å². The summed E-state index contributed by atoms with van der Waals surface area (Å²) in [4.78, 5) is 16.7. The number of carbonyl (C=O) groups is 1. The van der Waals surface area contributed by atoms with Crippen LogP contribution in [0.4, 0.5) is 5.69 Å². The van der Waals surface area contributed by atoms with Gasteiger partial charge in [0, 0.05) is 12.2 Å². The zero-order valence-corrected chi connectivity index (χ0v) is 13.4. The Kier molecular flexibility index (Phi) is 3.99. The lowest BCUT2D eigenvalue weighted by molar-refractivity contribution is -0.131. The maximum absolute atomic E-state index is 12.7. The van der Waals surface area contributed by atoms with Gasteiger partial charge < -0.3 is 9.80 Å². The molecule has 0 N–H and O–H groups in total. The first-order chi connectivity index (χ1) is 10.6. The predicted molar refractivity (Wildman–Crippen MR) is 89.9 cm³/mol. The summed E-state index contributed by atoms with van der Waals surface area (Å²) < 4.78 is 0. The van der Waals surface area contributed by atoms with Crippen LogP contribution in [-0.4, -0.2) is 31.4 Å². The van der Waals surface area contributed by atoms with Crippen molar-refractivity contribution in [3.05, 3.63) is 65.7 Å². The summed E-state index contributed by atoms with van der Waals surface area (Å²) in [6.45, 7) is 2.84. The molecule has 2 atom stereocenters. The molecule has 1 heterocycles. The van der Waals surface area contributed by atoms with Gasteiger partial charge >= 0.3 is 0 Å². The van der Waals surface area contributed by atoms with Gasteiger partial charge in [0.1, 0.15) is 0 Å². The Hall–Kier alpha value is -2.13. The zero-order chi connectivity index (χ0) is 15.7.